The molecule has 1 aliphatic heterocycles. The summed E-state index contributed by atoms with van der Waals surface area (Å²) in [6.45, 7) is 7.79. The Morgan fingerprint density at radius 1 is 0.825 bits per heavy atom. The van der Waals surface area contributed by atoms with Crippen LogP contribution in [0.2, 0.25) is 0 Å². The van der Waals surface area contributed by atoms with E-state index >= 15 is 0 Å². The number of likely N-dealkylation sites (tertiary alicyclic amines) is 1. The lowest BCUT2D eigenvalue weighted by molar-refractivity contribution is -0.142. The van der Waals surface area contributed by atoms with Gasteiger partial charge in [0.15, 0.2) is 5.96 Å². The van der Waals surface area contributed by atoms with Crippen molar-refractivity contribution in [3.05, 3.63) is 0 Å². The summed E-state index contributed by atoms with van der Waals surface area (Å²) < 4.78 is 0. The van der Waals surface area contributed by atoms with Crippen molar-refractivity contribution in [2.75, 3.05) is 30.9 Å². The number of nitrogens with one attached hydrogen (secondary N) is 8. The van der Waals surface area contributed by atoms with Crippen molar-refractivity contribution in [2.45, 2.75) is 121 Å². The Bertz CT molecular complexity index is 1440. The first-order valence-corrected chi connectivity index (χ1v) is 20.7. The molecule has 0 aliphatic carbocycles. The number of aliphatic hydroxyl groups is 1. The molecule has 0 aromatic heterocycles. The van der Waals surface area contributed by atoms with Crippen LogP contribution in [0, 0.1) is 11.3 Å². The molecule has 0 bridgehead atoms. The predicted molar refractivity (Wildman–Crippen MR) is 216 cm³/mol. The molecule has 7 amide bonds. The third-order valence-corrected chi connectivity index (χ3v) is 10.1. The summed E-state index contributed by atoms with van der Waals surface area (Å²) in [6, 6.07) is -9.51. The summed E-state index contributed by atoms with van der Waals surface area (Å²) in [6.07, 6.45) is 1.44. The van der Waals surface area contributed by atoms with Crippen LogP contribution < -0.4 is 48.7 Å². The number of hydrogen-bond acceptors (Lipinski definition) is 13. The van der Waals surface area contributed by atoms with E-state index in [-0.39, 0.29) is 56.4 Å². The molecule has 0 saturated carbocycles. The largest absolute Gasteiger partial charge is 0.480 e. The van der Waals surface area contributed by atoms with Crippen LogP contribution in [-0.4, -0.2) is 154 Å². The monoisotopic (exact) mass is 847 g/mol. The smallest absolute Gasteiger partial charge is 0.327 e. The number of amides is 7. The summed E-state index contributed by atoms with van der Waals surface area (Å²) >= 11 is 5.35. The number of nitrogens with zero attached hydrogens (tertiary/aromatic N) is 1. The Morgan fingerprint density at radius 2 is 1.40 bits per heavy atom. The summed E-state index contributed by atoms with van der Waals surface area (Å²) in [5.74, 6) is -6.64. The Morgan fingerprint density at radius 3 is 1.95 bits per heavy atom. The second-order valence-corrected chi connectivity index (χ2v) is 15.5. The molecule has 21 nitrogen and oxygen atoms in total. The molecule has 1 aliphatic rings. The lowest BCUT2D eigenvalue weighted by atomic mass is 10.0. The van der Waals surface area contributed by atoms with Crippen LogP contribution in [-0.2, 0) is 38.4 Å². The zero-order valence-corrected chi connectivity index (χ0v) is 35.0. The summed E-state index contributed by atoms with van der Waals surface area (Å²) in [5.41, 5.74) is 11.3. The van der Waals surface area contributed by atoms with E-state index in [4.69, 9.17) is 16.9 Å². The van der Waals surface area contributed by atoms with E-state index in [0.29, 0.717) is 12.2 Å². The molecule has 0 spiro atoms. The summed E-state index contributed by atoms with van der Waals surface area (Å²) in [5, 5.41) is 44.4. The van der Waals surface area contributed by atoms with Gasteiger partial charge in [0.25, 0.3) is 0 Å². The van der Waals surface area contributed by atoms with E-state index in [9.17, 15) is 48.6 Å². The maximum atomic E-state index is 13.7. The molecule has 57 heavy (non-hydrogen) atoms. The second kappa shape index (κ2) is 25.1. The Balaban J connectivity index is 3.14. The Kier molecular flexibility index (Phi) is 22.3. The van der Waals surface area contributed by atoms with Gasteiger partial charge >= 0.3 is 5.97 Å². The van der Waals surface area contributed by atoms with E-state index in [0.717, 1.165) is 0 Å². The molecule has 324 valence electrons. The lowest BCUT2D eigenvalue weighted by Crippen LogP contribution is -2.61. The molecule has 1 heterocycles. The number of thioether (sulfide) groups is 1. The highest BCUT2D eigenvalue weighted by Gasteiger charge is 2.39. The third-order valence-electron chi connectivity index (χ3n) is 9.06. The second-order valence-electron chi connectivity index (χ2n) is 14.1. The summed E-state index contributed by atoms with van der Waals surface area (Å²) in [4.78, 5) is 105. The van der Waals surface area contributed by atoms with Crippen molar-refractivity contribution in [1.82, 2.24) is 42.1 Å². The highest BCUT2D eigenvalue weighted by molar-refractivity contribution is 7.98. The number of carbonyl (C=O) groups is 8. The highest BCUT2D eigenvalue weighted by atomic mass is 32.2. The number of hydrogen-bond donors (Lipinski definition) is 13. The number of carbonyl (C=O) groups excluding carboxylic acids is 7. The fraction of sp³-hybridized carbons (Fsp3) is 0.735. The van der Waals surface area contributed by atoms with Crippen molar-refractivity contribution in [3.63, 3.8) is 0 Å². The van der Waals surface area contributed by atoms with Gasteiger partial charge in [-0.25, -0.2) is 4.79 Å². The van der Waals surface area contributed by atoms with E-state index in [2.05, 4.69) is 49.8 Å². The average molecular weight is 848 g/mol. The Labute approximate surface area is 342 Å². The number of rotatable bonds is 24. The normalized spacial score (nSPS) is 18.0. The fourth-order valence-corrected chi connectivity index (χ4v) is 6.30. The predicted octanol–water partition coefficient (Wildman–Crippen LogP) is -3.68. The average Bonchev–Trinajstić information content (AvgIpc) is 3.64. The quantitative estimate of drug-likeness (QED) is 0.0193. The number of carboxylic acid groups (broad SMARTS) is 1. The van der Waals surface area contributed by atoms with Crippen LogP contribution in [0.15, 0.2) is 0 Å². The Hall–Kier alpha value is -4.35. The van der Waals surface area contributed by atoms with Gasteiger partial charge in [-0.1, -0.05) is 13.8 Å². The van der Waals surface area contributed by atoms with Gasteiger partial charge in [-0.3, -0.25) is 39.0 Å². The van der Waals surface area contributed by atoms with Gasteiger partial charge in [0, 0.05) is 18.8 Å². The molecule has 1 rings (SSSR count). The number of carboxylic acids is 1. The lowest BCUT2D eigenvalue weighted by Gasteiger charge is -2.30. The van der Waals surface area contributed by atoms with Crippen LogP contribution in [0.3, 0.4) is 0 Å². The van der Waals surface area contributed by atoms with Crippen molar-refractivity contribution in [2.24, 2.45) is 17.4 Å². The molecule has 9 atom stereocenters. The standard InChI is InChI=1S/C34H61N11O10S2/c1-16(2)24(35)30(51)42-21(11-14-57-6)27(48)40-18(4)32(53)45-13-8-10-23(45)29(50)41-20(9-7-12-38-34(36)37)28(49)44-25(19(5)46)31(52)39-17(3)26(47)43-22(15-56)33(54)55/h16-25,46,56H,7-15,35H2,1-6H3,(H,39,52)(H,40,48)(H,41,50)(H,42,51)(H,43,47)(H,44,49)(H,54,55)(H4,36,37,38)/t17-,18-,19+,20-,21-,22-,23-,24-,25-/m0/s1. The topological polar surface area (TPSA) is 340 Å². The zero-order chi connectivity index (χ0) is 43.6. The van der Waals surface area contributed by atoms with Gasteiger partial charge in [-0.2, -0.15) is 24.4 Å². The van der Waals surface area contributed by atoms with Crippen LogP contribution in [0.5, 0.6) is 0 Å². The number of nitrogens with two attached hydrogens (primary N) is 2. The van der Waals surface area contributed by atoms with Gasteiger partial charge in [0.1, 0.15) is 42.3 Å². The van der Waals surface area contributed by atoms with E-state index in [1.807, 2.05) is 6.26 Å². The van der Waals surface area contributed by atoms with Crippen molar-refractivity contribution >= 4 is 77.7 Å². The molecule has 1 fully saturated rings. The molecule has 1 saturated heterocycles. The molecular formula is C34H61N11O10S2. The number of aliphatic carboxylic acids is 1. The molecule has 0 aromatic carbocycles. The first kappa shape index (κ1) is 50.7. The van der Waals surface area contributed by atoms with Gasteiger partial charge < -0.3 is 63.8 Å². The van der Waals surface area contributed by atoms with E-state index < -0.39 is 102 Å². The highest BCUT2D eigenvalue weighted by Crippen LogP contribution is 2.19. The summed E-state index contributed by atoms with van der Waals surface area (Å²) in [7, 11) is 0. The molecule has 14 N–H and O–H groups in total. The number of guanidine groups is 1. The SMILES string of the molecule is CSCC[C@H](NC(=O)[C@@H](N)C(C)C)C(=O)N[C@@H](C)C(=O)N1CCC[C@H]1C(=O)N[C@@H](CCCNC(=N)N)C(=O)N[C@H](C(=O)N[C@@H](C)C(=O)N[C@@H](CS)C(=O)O)[C@@H](C)O. The van der Waals surface area contributed by atoms with Crippen LogP contribution >= 0.6 is 24.4 Å². The van der Waals surface area contributed by atoms with Gasteiger partial charge in [0.05, 0.1) is 12.1 Å². The molecule has 0 aromatic rings. The molecular weight excluding hydrogens is 787 g/mol. The zero-order valence-electron chi connectivity index (χ0n) is 33.3. The minimum atomic E-state index is -1.62. The minimum absolute atomic E-state index is 0.0398. The fourth-order valence-electron chi connectivity index (χ4n) is 5.58. The van der Waals surface area contributed by atoms with Gasteiger partial charge in [-0.05, 0) is 70.8 Å². The van der Waals surface area contributed by atoms with Crippen molar-refractivity contribution < 1.29 is 48.6 Å². The van der Waals surface area contributed by atoms with Gasteiger partial charge in [-0.15, -0.1) is 0 Å². The first-order valence-electron chi connectivity index (χ1n) is 18.6. The number of aliphatic hydroxyl groups excluding tert-OH is 1. The third kappa shape index (κ3) is 17.0. The van der Waals surface area contributed by atoms with E-state index in [1.165, 1.54) is 37.4 Å². The van der Waals surface area contributed by atoms with Crippen LogP contribution in [0.4, 0.5) is 0 Å². The van der Waals surface area contributed by atoms with Crippen molar-refractivity contribution in [3.8, 4) is 0 Å². The number of thiol groups is 1. The van der Waals surface area contributed by atoms with Crippen LogP contribution in [0.1, 0.15) is 66.7 Å². The maximum Gasteiger partial charge on any atom is 0.327 e. The molecule has 0 radical (unpaired) electrons. The maximum absolute atomic E-state index is 13.7. The van der Waals surface area contributed by atoms with Crippen LogP contribution in [0.25, 0.3) is 0 Å². The van der Waals surface area contributed by atoms with E-state index in [1.54, 1.807) is 13.8 Å². The molecule has 0 unspecified atom stereocenters. The minimum Gasteiger partial charge on any atom is -0.480 e. The van der Waals surface area contributed by atoms with Crippen molar-refractivity contribution in [1.29, 1.82) is 5.41 Å². The first-order chi connectivity index (χ1) is 26.7. The van der Waals surface area contributed by atoms with Gasteiger partial charge in [0.2, 0.25) is 41.4 Å². The molecule has 23 heteroatoms.